The summed E-state index contributed by atoms with van der Waals surface area (Å²) in [4.78, 5) is 3.27. The number of hydrogen-bond donors (Lipinski definition) is 2. The van der Waals surface area contributed by atoms with E-state index < -0.39 is 0 Å². The second-order valence-electron chi connectivity index (χ2n) is 6.83. The monoisotopic (exact) mass is 328 g/mol. The molecule has 25 heavy (non-hydrogen) atoms. The lowest BCUT2D eigenvalue weighted by atomic mass is 9.93. The second-order valence-corrected chi connectivity index (χ2v) is 6.83. The van der Waals surface area contributed by atoms with E-state index in [2.05, 4.69) is 84.0 Å². The lowest BCUT2D eigenvalue weighted by Crippen LogP contribution is -2.32. The number of rotatable bonds is 4. The highest BCUT2D eigenvalue weighted by molar-refractivity contribution is 5.88. The van der Waals surface area contributed by atoms with Crippen molar-refractivity contribution in [2.45, 2.75) is 25.8 Å². The Bertz CT molecular complexity index is 913. The molecule has 126 valence electrons. The first-order valence-corrected chi connectivity index (χ1v) is 9.02. The van der Waals surface area contributed by atoms with Gasteiger partial charge in [-0.05, 0) is 48.6 Å². The molecular formula is C23H24N2. The van der Waals surface area contributed by atoms with Gasteiger partial charge in [0.1, 0.15) is 0 Å². The fraction of sp³-hybridized carbons (Fsp3) is 0.217. The molecule has 1 aromatic heterocycles. The summed E-state index contributed by atoms with van der Waals surface area (Å²) in [6.07, 6.45) is 11.0. The van der Waals surface area contributed by atoms with Gasteiger partial charge in [0.2, 0.25) is 0 Å². The van der Waals surface area contributed by atoms with Crippen molar-refractivity contribution in [1.82, 2.24) is 10.3 Å². The molecule has 2 nitrogen and oxygen atoms in total. The molecule has 0 bridgehead atoms. The number of hydrogen-bond acceptors (Lipinski definition) is 1. The van der Waals surface area contributed by atoms with Crippen molar-refractivity contribution in [2.75, 3.05) is 6.54 Å². The van der Waals surface area contributed by atoms with Crippen LogP contribution in [0.15, 0.2) is 66.9 Å². The van der Waals surface area contributed by atoms with Crippen LogP contribution in [0.5, 0.6) is 0 Å². The Morgan fingerprint density at radius 2 is 1.96 bits per heavy atom. The first kappa shape index (κ1) is 15.9. The summed E-state index contributed by atoms with van der Waals surface area (Å²) in [7, 11) is 0. The molecule has 1 atom stereocenters. The molecule has 0 radical (unpaired) electrons. The van der Waals surface area contributed by atoms with Crippen molar-refractivity contribution in [2.24, 2.45) is 0 Å². The van der Waals surface area contributed by atoms with Gasteiger partial charge in [0.15, 0.2) is 0 Å². The van der Waals surface area contributed by atoms with Crippen molar-refractivity contribution in [1.29, 1.82) is 0 Å². The Kier molecular flexibility index (Phi) is 4.53. The maximum atomic E-state index is 3.61. The van der Waals surface area contributed by atoms with E-state index in [4.69, 9.17) is 0 Å². The van der Waals surface area contributed by atoms with Crippen LogP contribution in [0.4, 0.5) is 0 Å². The summed E-state index contributed by atoms with van der Waals surface area (Å²) in [6, 6.07) is 17.9. The second kappa shape index (κ2) is 7.12. The van der Waals surface area contributed by atoms with Crippen molar-refractivity contribution < 1.29 is 0 Å². The number of aromatic nitrogens is 1. The molecule has 2 N–H and O–H groups in total. The van der Waals surface area contributed by atoms with Crippen LogP contribution in [0, 0.1) is 6.92 Å². The van der Waals surface area contributed by atoms with Crippen molar-refractivity contribution in [3.05, 3.63) is 83.6 Å². The summed E-state index contributed by atoms with van der Waals surface area (Å²) in [5, 5.41) is 4.90. The highest BCUT2D eigenvalue weighted by atomic mass is 14.9. The number of benzene rings is 2. The molecule has 0 saturated heterocycles. The predicted molar refractivity (Wildman–Crippen MR) is 108 cm³/mol. The van der Waals surface area contributed by atoms with E-state index in [1.54, 1.807) is 0 Å². The third-order valence-electron chi connectivity index (χ3n) is 4.99. The van der Waals surface area contributed by atoms with Gasteiger partial charge >= 0.3 is 0 Å². The van der Waals surface area contributed by atoms with Crippen LogP contribution >= 0.6 is 0 Å². The molecule has 2 aromatic carbocycles. The van der Waals surface area contributed by atoms with Crippen molar-refractivity contribution in [3.8, 4) is 0 Å². The third-order valence-corrected chi connectivity index (χ3v) is 4.99. The number of H-pyrrole nitrogens is 1. The van der Waals surface area contributed by atoms with Gasteiger partial charge in [0.05, 0.1) is 0 Å². The average molecular weight is 328 g/mol. The largest absolute Gasteiger partial charge is 0.361 e. The van der Waals surface area contributed by atoms with Crippen LogP contribution in [0.2, 0.25) is 0 Å². The van der Waals surface area contributed by atoms with E-state index >= 15 is 0 Å². The van der Waals surface area contributed by atoms with E-state index in [0.717, 1.165) is 19.4 Å². The Labute approximate surface area is 149 Å². The van der Waals surface area contributed by atoms with Gasteiger partial charge in [-0.15, -0.1) is 0 Å². The van der Waals surface area contributed by atoms with Crippen LogP contribution < -0.4 is 5.32 Å². The molecule has 1 aliphatic rings. The molecule has 3 aromatic rings. The van der Waals surface area contributed by atoms with E-state index in [-0.39, 0.29) is 0 Å². The summed E-state index contributed by atoms with van der Waals surface area (Å²) in [6.45, 7) is 3.09. The highest BCUT2D eigenvalue weighted by Gasteiger charge is 2.14. The lowest BCUT2D eigenvalue weighted by Gasteiger charge is -2.23. The van der Waals surface area contributed by atoms with E-state index in [1.165, 1.54) is 33.2 Å². The van der Waals surface area contributed by atoms with Gasteiger partial charge < -0.3 is 10.3 Å². The smallest absolute Gasteiger partial charge is 0.0459 e. The molecular weight excluding hydrogens is 304 g/mol. The Morgan fingerprint density at radius 3 is 2.84 bits per heavy atom. The van der Waals surface area contributed by atoms with Gasteiger partial charge in [-0.3, -0.25) is 0 Å². The zero-order chi connectivity index (χ0) is 17.1. The van der Waals surface area contributed by atoms with Gasteiger partial charge in [-0.25, -0.2) is 0 Å². The number of aromatic amines is 1. The lowest BCUT2D eigenvalue weighted by molar-refractivity contribution is 0.542. The topological polar surface area (TPSA) is 27.8 Å². The predicted octanol–water partition coefficient (Wildman–Crippen LogP) is 5.33. The number of aryl methyl sites for hydroxylation is 1. The zero-order valence-corrected chi connectivity index (χ0v) is 14.6. The Balaban J connectivity index is 1.42. The first-order chi connectivity index (χ1) is 12.3. The molecule has 0 amide bonds. The summed E-state index contributed by atoms with van der Waals surface area (Å²) in [5.41, 5.74) is 6.62. The standard InChI is InChI=1S/C23H24N2/c1-17-8-10-18(11-9-17)20-12-14-24-21(16-20)6-2-4-19-5-3-7-23-22(19)13-15-25-23/h2-5,7-13,15,21,24-25H,6,14,16H2,1H3/b4-2+. The molecule has 0 fully saturated rings. The minimum atomic E-state index is 0.503. The Hall–Kier alpha value is -2.58. The number of nitrogens with one attached hydrogen (secondary N) is 2. The maximum absolute atomic E-state index is 3.61. The van der Waals surface area contributed by atoms with Crippen LogP contribution in [-0.2, 0) is 0 Å². The fourth-order valence-corrected chi connectivity index (χ4v) is 3.55. The van der Waals surface area contributed by atoms with Crippen LogP contribution in [-0.4, -0.2) is 17.6 Å². The average Bonchev–Trinajstić information content (AvgIpc) is 3.12. The molecule has 0 aliphatic carbocycles. The minimum absolute atomic E-state index is 0.503. The first-order valence-electron chi connectivity index (χ1n) is 9.02. The van der Waals surface area contributed by atoms with Crippen LogP contribution in [0.1, 0.15) is 29.5 Å². The summed E-state index contributed by atoms with van der Waals surface area (Å²) < 4.78 is 0. The maximum Gasteiger partial charge on any atom is 0.0459 e. The summed E-state index contributed by atoms with van der Waals surface area (Å²) >= 11 is 0. The van der Waals surface area contributed by atoms with E-state index in [0.29, 0.717) is 6.04 Å². The highest BCUT2D eigenvalue weighted by Crippen LogP contribution is 2.25. The van der Waals surface area contributed by atoms with Gasteiger partial charge in [-0.1, -0.05) is 60.2 Å². The molecule has 2 heterocycles. The quantitative estimate of drug-likeness (QED) is 0.666. The molecule has 0 spiro atoms. The van der Waals surface area contributed by atoms with Gasteiger partial charge in [0, 0.05) is 29.7 Å². The van der Waals surface area contributed by atoms with Crippen molar-refractivity contribution >= 4 is 22.6 Å². The normalized spacial score (nSPS) is 18.0. The SMILES string of the molecule is Cc1ccc(C2=CCNC(C/C=C/c3cccc4[nH]ccc34)C2)cc1. The Morgan fingerprint density at radius 1 is 1.08 bits per heavy atom. The van der Waals surface area contributed by atoms with Crippen LogP contribution in [0.25, 0.3) is 22.6 Å². The number of fused-ring (bicyclic) bond motifs is 1. The third kappa shape index (κ3) is 3.59. The minimum Gasteiger partial charge on any atom is -0.361 e. The molecule has 0 saturated carbocycles. The van der Waals surface area contributed by atoms with E-state index in [1.807, 2.05) is 6.20 Å². The molecule has 1 unspecified atom stereocenters. The van der Waals surface area contributed by atoms with E-state index in [9.17, 15) is 0 Å². The molecule has 4 rings (SSSR count). The van der Waals surface area contributed by atoms with Gasteiger partial charge in [0.25, 0.3) is 0 Å². The molecule has 2 heteroatoms. The molecule has 1 aliphatic heterocycles. The van der Waals surface area contributed by atoms with Crippen molar-refractivity contribution in [3.63, 3.8) is 0 Å². The van der Waals surface area contributed by atoms with Crippen LogP contribution in [0.3, 0.4) is 0 Å². The summed E-state index contributed by atoms with van der Waals surface area (Å²) in [5.74, 6) is 0. The fourth-order valence-electron chi connectivity index (χ4n) is 3.55. The zero-order valence-electron chi connectivity index (χ0n) is 14.6. The van der Waals surface area contributed by atoms with Gasteiger partial charge in [-0.2, -0.15) is 0 Å².